The molecule has 23 heavy (non-hydrogen) atoms. The number of pyridine rings is 1. The van der Waals surface area contributed by atoms with Crippen LogP contribution in [-0.2, 0) is 4.79 Å². The molecule has 122 valence electrons. The molecule has 2 aromatic heterocycles. The average Bonchev–Trinajstić information content (AvgIpc) is 3.10. The Balaban J connectivity index is 1.73. The van der Waals surface area contributed by atoms with Gasteiger partial charge in [0.25, 0.3) is 0 Å². The standard InChI is InChI=1S/C17H23N5O/c18-13-17(7-2-1-3-8-17)12-15(23)21-14-6-4-9-19-16(14)22-11-5-10-20-22/h4-6,9-11H,1-3,7-8,12-13,18H2,(H,21,23). The largest absolute Gasteiger partial charge is 0.330 e. The summed E-state index contributed by atoms with van der Waals surface area (Å²) >= 11 is 0. The maximum atomic E-state index is 12.5. The lowest BCUT2D eigenvalue weighted by Gasteiger charge is -2.35. The fourth-order valence-electron chi connectivity index (χ4n) is 3.36. The van der Waals surface area contributed by atoms with Crippen molar-refractivity contribution >= 4 is 11.6 Å². The molecule has 0 unspecified atom stereocenters. The first-order valence-electron chi connectivity index (χ1n) is 8.17. The second-order valence-corrected chi connectivity index (χ2v) is 6.31. The quantitative estimate of drug-likeness (QED) is 0.888. The van der Waals surface area contributed by atoms with Gasteiger partial charge in [-0.05, 0) is 43.0 Å². The highest BCUT2D eigenvalue weighted by atomic mass is 16.1. The first-order chi connectivity index (χ1) is 11.2. The lowest BCUT2D eigenvalue weighted by Crippen LogP contribution is -2.36. The summed E-state index contributed by atoms with van der Waals surface area (Å²) in [5.74, 6) is 0.620. The van der Waals surface area contributed by atoms with Crippen molar-refractivity contribution in [1.29, 1.82) is 0 Å². The minimum Gasteiger partial charge on any atom is -0.330 e. The Morgan fingerprint density at radius 1 is 1.26 bits per heavy atom. The highest BCUT2D eigenvalue weighted by molar-refractivity contribution is 5.92. The smallest absolute Gasteiger partial charge is 0.225 e. The molecule has 2 heterocycles. The van der Waals surface area contributed by atoms with Gasteiger partial charge in [-0.2, -0.15) is 5.10 Å². The molecule has 0 spiro atoms. The number of amides is 1. The van der Waals surface area contributed by atoms with E-state index in [2.05, 4.69) is 15.4 Å². The van der Waals surface area contributed by atoms with Crippen LogP contribution in [0.3, 0.4) is 0 Å². The predicted octanol–water partition coefficient (Wildman–Crippen LogP) is 2.51. The number of carbonyl (C=O) groups excluding carboxylic acids is 1. The summed E-state index contributed by atoms with van der Waals surface area (Å²) in [4.78, 5) is 16.9. The Hall–Kier alpha value is -2.21. The van der Waals surface area contributed by atoms with Gasteiger partial charge in [-0.15, -0.1) is 0 Å². The van der Waals surface area contributed by atoms with E-state index in [-0.39, 0.29) is 11.3 Å². The van der Waals surface area contributed by atoms with E-state index in [4.69, 9.17) is 5.73 Å². The Morgan fingerprint density at radius 2 is 2.09 bits per heavy atom. The van der Waals surface area contributed by atoms with Crippen LogP contribution in [0, 0.1) is 5.41 Å². The van der Waals surface area contributed by atoms with Gasteiger partial charge in [0, 0.05) is 25.0 Å². The summed E-state index contributed by atoms with van der Waals surface area (Å²) in [6, 6.07) is 5.48. The summed E-state index contributed by atoms with van der Waals surface area (Å²) in [7, 11) is 0. The summed E-state index contributed by atoms with van der Waals surface area (Å²) in [6.07, 6.45) is 11.3. The monoisotopic (exact) mass is 313 g/mol. The normalized spacial score (nSPS) is 16.9. The zero-order valence-corrected chi connectivity index (χ0v) is 13.2. The number of aromatic nitrogens is 3. The minimum atomic E-state index is -0.0452. The van der Waals surface area contributed by atoms with Crippen molar-refractivity contribution in [2.24, 2.45) is 11.1 Å². The Labute approximate surface area is 136 Å². The lowest BCUT2D eigenvalue weighted by atomic mass is 9.71. The molecule has 0 radical (unpaired) electrons. The van der Waals surface area contributed by atoms with Gasteiger partial charge in [-0.25, -0.2) is 9.67 Å². The molecule has 6 nitrogen and oxygen atoms in total. The Kier molecular flexibility index (Phi) is 4.71. The zero-order chi connectivity index (χ0) is 16.1. The molecule has 6 heteroatoms. The van der Waals surface area contributed by atoms with Crippen molar-refractivity contribution < 1.29 is 4.79 Å². The van der Waals surface area contributed by atoms with E-state index < -0.39 is 0 Å². The van der Waals surface area contributed by atoms with Crippen LogP contribution in [0.15, 0.2) is 36.8 Å². The van der Waals surface area contributed by atoms with E-state index >= 15 is 0 Å². The molecule has 1 aliphatic rings. The van der Waals surface area contributed by atoms with Crippen molar-refractivity contribution in [2.75, 3.05) is 11.9 Å². The van der Waals surface area contributed by atoms with Crippen molar-refractivity contribution in [3.8, 4) is 5.82 Å². The first kappa shape index (κ1) is 15.7. The van der Waals surface area contributed by atoms with Gasteiger partial charge < -0.3 is 11.1 Å². The van der Waals surface area contributed by atoms with Gasteiger partial charge >= 0.3 is 0 Å². The molecule has 0 saturated heterocycles. The second kappa shape index (κ2) is 6.91. The highest BCUT2D eigenvalue weighted by Gasteiger charge is 2.33. The number of nitrogens with zero attached hydrogens (tertiary/aromatic N) is 3. The molecule has 1 amide bonds. The molecule has 3 rings (SSSR count). The zero-order valence-electron chi connectivity index (χ0n) is 13.2. The number of hydrogen-bond donors (Lipinski definition) is 2. The van der Waals surface area contributed by atoms with E-state index in [1.165, 1.54) is 6.42 Å². The summed E-state index contributed by atoms with van der Waals surface area (Å²) in [5, 5.41) is 7.17. The molecular weight excluding hydrogens is 290 g/mol. The lowest BCUT2D eigenvalue weighted by molar-refractivity contribution is -0.118. The molecule has 0 atom stereocenters. The molecular formula is C17H23N5O. The van der Waals surface area contributed by atoms with E-state index in [0.29, 0.717) is 24.5 Å². The number of rotatable bonds is 5. The third kappa shape index (κ3) is 3.59. The fraction of sp³-hybridized carbons (Fsp3) is 0.471. The fourth-order valence-corrected chi connectivity index (χ4v) is 3.36. The molecule has 1 aliphatic carbocycles. The van der Waals surface area contributed by atoms with Crippen LogP contribution in [0.1, 0.15) is 38.5 Å². The maximum Gasteiger partial charge on any atom is 0.225 e. The van der Waals surface area contributed by atoms with Gasteiger partial charge in [0.1, 0.15) is 0 Å². The molecule has 0 aliphatic heterocycles. The Bertz CT molecular complexity index is 647. The van der Waals surface area contributed by atoms with Crippen LogP contribution in [0.25, 0.3) is 5.82 Å². The van der Waals surface area contributed by atoms with Crippen LogP contribution in [0.2, 0.25) is 0 Å². The van der Waals surface area contributed by atoms with Crippen LogP contribution >= 0.6 is 0 Å². The van der Waals surface area contributed by atoms with Crippen LogP contribution in [0.5, 0.6) is 0 Å². The molecule has 1 saturated carbocycles. The second-order valence-electron chi connectivity index (χ2n) is 6.31. The van der Waals surface area contributed by atoms with Gasteiger partial charge in [-0.3, -0.25) is 4.79 Å². The molecule has 3 N–H and O–H groups in total. The van der Waals surface area contributed by atoms with Crippen molar-refractivity contribution in [3.05, 3.63) is 36.8 Å². The first-order valence-corrected chi connectivity index (χ1v) is 8.17. The minimum absolute atomic E-state index is 0.00115. The van der Waals surface area contributed by atoms with E-state index in [0.717, 1.165) is 25.7 Å². The van der Waals surface area contributed by atoms with E-state index in [9.17, 15) is 4.79 Å². The topological polar surface area (TPSA) is 85.8 Å². The van der Waals surface area contributed by atoms with Gasteiger partial charge in [0.15, 0.2) is 5.82 Å². The van der Waals surface area contributed by atoms with Gasteiger partial charge in [-0.1, -0.05) is 19.3 Å². The number of hydrogen-bond acceptors (Lipinski definition) is 4. The molecule has 0 aromatic carbocycles. The average molecular weight is 313 g/mol. The van der Waals surface area contributed by atoms with Crippen molar-refractivity contribution in [2.45, 2.75) is 38.5 Å². The number of nitrogens with one attached hydrogen (secondary N) is 1. The van der Waals surface area contributed by atoms with Gasteiger partial charge in [0.05, 0.1) is 5.69 Å². The van der Waals surface area contributed by atoms with Crippen LogP contribution in [0.4, 0.5) is 5.69 Å². The number of carbonyl (C=O) groups is 1. The van der Waals surface area contributed by atoms with Crippen LogP contribution in [-0.4, -0.2) is 27.2 Å². The van der Waals surface area contributed by atoms with E-state index in [1.54, 1.807) is 23.3 Å². The highest BCUT2D eigenvalue weighted by Crippen LogP contribution is 2.38. The number of nitrogens with two attached hydrogens (primary N) is 1. The SMILES string of the molecule is NCC1(CC(=O)Nc2cccnc2-n2cccn2)CCCCC1. The van der Waals surface area contributed by atoms with E-state index in [1.807, 2.05) is 18.2 Å². The molecule has 0 bridgehead atoms. The van der Waals surface area contributed by atoms with Crippen molar-refractivity contribution in [1.82, 2.24) is 14.8 Å². The van der Waals surface area contributed by atoms with Crippen LogP contribution < -0.4 is 11.1 Å². The molecule has 2 aromatic rings. The number of anilines is 1. The van der Waals surface area contributed by atoms with Gasteiger partial charge in [0.2, 0.25) is 5.91 Å². The summed E-state index contributed by atoms with van der Waals surface area (Å²) in [5.41, 5.74) is 6.61. The predicted molar refractivity (Wildman–Crippen MR) is 89.2 cm³/mol. The van der Waals surface area contributed by atoms with Crippen molar-refractivity contribution in [3.63, 3.8) is 0 Å². The Morgan fingerprint density at radius 3 is 2.78 bits per heavy atom. The summed E-state index contributed by atoms with van der Waals surface area (Å²) in [6.45, 7) is 0.569. The maximum absolute atomic E-state index is 12.5. The summed E-state index contributed by atoms with van der Waals surface area (Å²) < 4.78 is 1.65. The third-order valence-electron chi connectivity index (χ3n) is 4.66. The third-order valence-corrected chi connectivity index (χ3v) is 4.66. The molecule has 1 fully saturated rings.